The Balaban J connectivity index is 2.83. The predicted octanol–water partition coefficient (Wildman–Crippen LogP) is 0.664. The largest absolute Gasteiger partial charge is 0.465 e. The summed E-state index contributed by atoms with van der Waals surface area (Å²) < 4.78 is 10.5. The summed E-state index contributed by atoms with van der Waals surface area (Å²) in [5, 5.41) is 20.7. The van der Waals surface area contributed by atoms with Crippen LogP contribution in [0.2, 0.25) is 0 Å². The van der Waals surface area contributed by atoms with E-state index in [0.29, 0.717) is 6.42 Å². The second-order valence-electron chi connectivity index (χ2n) is 6.62. The predicted molar refractivity (Wildman–Crippen MR) is 76.2 cm³/mol. The fraction of sp³-hybridized carbons (Fsp3) is 0.857. The number of nitrogens with zero attached hydrogens (tertiary/aromatic N) is 2. The normalized spacial score (nSPS) is 25.9. The summed E-state index contributed by atoms with van der Waals surface area (Å²) in [7, 11) is 0. The van der Waals surface area contributed by atoms with Crippen LogP contribution in [0.4, 0.5) is 0 Å². The SMILES string of the molecule is CC1(C)CCOC(=O)CN(O)CCN(O)CC(=O)OC1(C)C. The van der Waals surface area contributed by atoms with E-state index in [0.717, 1.165) is 10.1 Å². The molecule has 1 rings (SSSR count). The van der Waals surface area contributed by atoms with Gasteiger partial charge < -0.3 is 19.9 Å². The number of rotatable bonds is 0. The molecule has 2 N–H and O–H groups in total. The molecule has 1 saturated heterocycles. The van der Waals surface area contributed by atoms with E-state index in [-0.39, 0.29) is 32.8 Å². The molecule has 128 valence electrons. The van der Waals surface area contributed by atoms with E-state index in [1.165, 1.54) is 0 Å². The van der Waals surface area contributed by atoms with Gasteiger partial charge in [0.1, 0.15) is 18.7 Å². The fourth-order valence-corrected chi connectivity index (χ4v) is 1.91. The summed E-state index contributed by atoms with van der Waals surface area (Å²) in [6.07, 6.45) is 0.493. The van der Waals surface area contributed by atoms with Crippen LogP contribution in [-0.2, 0) is 19.1 Å². The lowest BCUT2D eigenvalue weighted by Gasteiger charge is -2.41. The third kappa shape index (κ3) is 5.53. The Morgan fingerprint density at radius 3 is 2.00 bits per heavy atom. The van der Waals surface area contributed by atoms with Gasteiger partial charge in [-0.1, -0.05) is 13.8 Å². The van der Waals surface area contributed by atoms with Crippen LogP contribution in [0.1, 0.15) is 34.1 Å². The summed E-state index contributed by atoms with van der Waals surface area (Å²) in [4.78, 5) is 23.5. The van der Waals surface area contributed by atoms with E-state index >= 15 is 0 Å². The third-order valence-corrected chi connectivity index (χ3v) is 4.23. The molecule has 0 aliphatic carbocycles. The van der Waals surface area contributed by atoms with Gasteiger partial charge in [0.05, 0.1) is 6.61 Å². The Kier molecular flexibility index (Phi) is 6.30. The van der Waals surface area contributed by atoms with Gasteiger partial charge in [0, 0.05) is 18.5 Å². The van der Waals surface area contributed by atoms with Crippen molar-refractivity contribution in [2.45, 2.75) is 39.7 Å². The Bertz CT molecular complexity index is 410. The molecule has 8 heteroatoms. The second kappa shape index (κ2) is 7.36. The summed E-state index contributed by atoms with van der Waals surface area (Å²) in [5.74, 6) is -1.10. The van der Waals surface area contributed by atoms with Crippen molar-refractivity contribution in [3.8, 4) is 0 Å². The number of hydrogen-bond acceptors (Lipinski definition) is 8. The molecule has 0 amide bonds. The van der Waals surface area contributed by atoms with Gasteiger partial charge in [0.2, 0.25) is 0 Å². The number of carbonyl (C=O) groups is 2. The van der Waals surface area contributed by atoms with Gasteiger partial charge in [-0.2, -0.15) is 10.1 Å². The molecule has 0 aromatic carbocycles. The van der Waals surface area contributed by atoms with Crippen LogP contribution in [0, 0.1) is 5.41 Å². The Hall–Kier alpha value is -1.22. The van der Waals surface area contributed by atoms with Crippen LogP contribution in [0.5, 0.6) is 0 Å². The van der Waals surface area contributed by atoms with Crippen molar-refractivity contribution in [1.29, 1.82) is 0 Å². The highest BCUT2D eigenvalue weighted by molar-refractivity contribution is 5.72. The number of esters is 2. The molecule has 0 saturated carbocycles. The first kappa shape index (κ1) is 18.8. The van der Waals surface area contributed by atoms with Gasteiger partial charge in [-0.25, -0.2) is 0 Å². The number of cyclic esters (lactones) is 2. The monoisotopic (exact) mass is 318 g/mol. The number of ether oxygens (including phenoxy) is 2. The molecule has 22 heavy (non-hydrogen) atoms. The van der Waals surface area contributed by atoms with Crippen LogP contribution in [0.25, 0.3) is 0 Å². The van der Waals surface area contributed by atoms with E-state index in [2.05, 4.69) is 0 Å². The van der Waals surface area contributed by atoms with Crippen LogP contribution in [-0.4, -0.2) is 70.9 Å². The average molecular weight is 318 g/mol. The standard InChI is InChI=1S/C14H26N2O6/c1-13(2)5-8-21-11(17)9-15(19)6-7-16(20)10-12(18)22-14(13,3)4/h19-20H,5-10H2,1-4H3. The minimum absolute atomic E-state index is 0.00618. The van der Waals surface area contributed by atoms with E-state index in [1.807, 2.05) is 13.8 Å². The molecule has 0 atom stereocenters. The van der Waals surface area contributed by atoms with Gasteiger partial charge in [-0.15, -0.1) is 0 Å². The van der Waals surface area contributed by atoms with Crippen molar-refractivity contribution < 1.29 is 29.5 Å². The molecule has 1 heterocycles. The maximum atomic E-state index is 11.9. The van der Waals surface area contributed by atoms with Crippen molar-refractivity contribution in [3.63, 3.8) is 0 Å². The molecule has 1 aliphatic rings. The number of hydrogen-bond donors (Lipinski definition) is 2. The van der Waals surface area contributed by atoms with E-state index < -0.39 is 23.0 Å². The molecule has 0 aromatic heterocycles. The van der Waals surface area contributed by atoms with Crippen molar-refractivity contribution in [1.82, 2.24) is 10.1 Å². The van der Waals surface area contributed by atoms with Crippen molar-refractivity contribution >= 4 is 11.9 Å². The van der Waals surface area contributed by atoms with Crippen LogP contribution >= 0.6 is 0 Å². The summed E-state index contributed by atoms with van der Waals surface area (Å²) >= 11 is 0. The average Bonchev–Trinajstić information content (AvgIpc) is 2.34. The fourth-order valence-electron chi connectivity index (χ4n) is 1.91. The van der Waals surface area contributed by atoms with E-state index in [9.17, 15) is 20.0 Å². The summed E-state index contributed by atoms with van der Waals surface area (Å²) in [6, 6.07) is 0. The summed E-state index contributed by atoms with van der Waals surface area (Å²) in [6.45, 7) is 6.96. The third-order valence-electron chi connectivity index (χ3n) is 4.23. The molecule has 0 radical (unpaired) electrons. The Labute approximate surface area is 130 Å². The maximum Gasteiger partial charge on any atom is 0.323 e. The van der Waals surface area contributed by atoms with Gasteiger partial charge in [-0.05, 0) is 20.3 Å². The first-order valence-corrected chi connectivity index (χ1v) is 7.28. The lowest BCUT2D eigenvalue weighted by atomic mass is 9.74. The van der Waals surface area contributed by atoms with Crippen molar-refractivity contribution in [3.05, 3.63) is 0 Å². The van der Waals surface area contributed by atoms with Crippen molar-refractivity contribution in [2.24, 2.45) is 5.41 Å². The van der Waals surface area contributed by atoms with Gasteiger partial charge >= 0.3 is 11.9 Å². The summed E-state index contributed by atoms with van der Waals surface area (Å²) in [5.41, 5.74) is -1.23. The molecule has 0 aromatic rings. The van der Waals surface area contributed by atoms with Crippen molar-refractivity contribution in [2.75, 3.05) is 32.8 Å². The zero-order valence-corrected chi connectivity index (χ0v) is 13.7. The molecule has 8 nitrogen and oxygen atoms in total. The zero-order chi connectivity index (χ0) is 17.0. The molecule has 1 fully saturated rings. The quantitative estimate of drug-likeness (QED) is 0.629. The number of hydroxylamine groups is 4. The highest BCUT2D eigenvalue weighted by Gasteiger charge is 2.40. The first-order valence-electron chi connectivity index (χ1n) is 7.28. The van der Waals surface area contributed by atoms with Crippen LogP contribution < -0.4 is 0 Å². The molecular weight excluding hydrogens is 292 g/mol. The Morgan fingerprint density at radius 2 is 1.45 bits per heavy atom. The van der Waals surface area contributed by atoms with Crippen LogP contribution in [0.3, 0.4) is 0 Å². The highest BCUT2D eigenvalue weighted by atomic mass is 16.6. The van der Waals surface area contributed by atoms with Crippen LogP contribution in [0.15, 0.2) is 0 Å². The van der Waals surface area contributed by atoms with Gasteiger partial charge in [0.25, 0.3) is 0 Å². The molecule has 0 bridgehead atoms. The van der Waals surface area contributed by atoms with Gasteiger partial charge in [0.15, 0.2) is 0 Å². The number of carbonyl (C=O) groups excluding carboxylic acids is 2. The second-order valence-corrected chi connectivity index (χ2v) is 6.62. The van der Waals surface area contributed by atoms with E-state index in [1.54, 1.807) is 13.8 Å². The van der Waals surface area contributed by atoms with Gasteiger partial charge in [-0.3, -0.25) is 9.59 Å². The smallest absolute Gasteiger partial charge is 0.323 e. The first-order chi connectivity index (χ1) is 10.0. The Morgan fingerprint density at radius 1 is 0.955 bits per heavy atom. The minimum atomic E-state index is -0.787. The molecule has 0 spiro atoms. The minimum Gasteiger partial charge on any atom is -0.465 e. The maximum absolute atomic E-state index is 11.9. The molecular formula is C14H26N2O6. The lowest BCUT2D eigenvalue weighted by Crippen LogP contribution is -2.46. The molecule has 0 unspecified atom stereocenters. The zero-order valence-electron chi connectivity index (χ0n) is 13.7. The molecule has 1 aliphatic heterocycles. The lowest BCUT2D eigenvalue weighted by molar-refractivity contribution is -0.190. The highest BCUT2D eigenvalue weighted by Crippen LogP contribution is 2.37. The topological polar surface area (TPSA) is 99.5 Å². The van der Waals surface area contributed by atoms with E-state index in [4.69, 9.17) is 9.47 Å².